The normalized spacial score (nSPS) is 10.9. The second-order valence-corrected chi connectivity index (χ2v) is 5.33. The van der Waals surface area contributed by atoms with Crippen LogP contribution in [0.5, 0.6) is 0 Å². The molecule has 0 atom stereocenters. The van der Waals surface area contributed by atoms with E-state index in [0.29, 0.717) is 5.56 Å². The van der Waals surface area contributed by atoms with Crippen molar-refractivity contribution in [3.63, 3.8) is 0 Å². The highest BCUT2D eigenvalue weighted by molar-refractivity contribution is 5.91. The van der Waals surface area contributed by atoms with E-state index in [1.54, 1.807) is 18.2 Å². The number of benzene rings is 1. The molecule has 7 heteroatoms. The van der Waals surface area contributed by atoms with Crippen LogP contribution in [0.3, 0.4) is 0 Å². The molecule has 0 saturated heterocycles. The lowest BCUT2D eigenvalue weighted by atomic mass is 10.1. The maximum absolute atomic E-state index is 11.9. The number of nitrogens with zero attached hydrogens (tertiary/aromatic N) is 2. The minimum absolute atomic E-state index is 0.0781. The Morgan fingerprint density at radius 3 is 2.92 bits per heavy atom. The summed E-state index contributed by atoms with van der Waals surface area (Å²) in [6.07, 6.45) is 4.71. The zero-order valence-corrected chi connectivity index (χ0v) is 13.5. The molecule has 0 bridgehead atoms. The Bertz CT molecular complexity index is 972. The molecule has 3 aromatic rings. The second kappa shape index (κ2) is 7.39. The van der Waals surface area contributed by atoms with Gasteiger partial charge in [0.2, 0.25) is 17.6 Å². The third-order valence-electron chi connectivity index (χ3n) is 3.54. The summed E-state index contributed by atoms with van der Waals surface area (Å²) in [6.45, 7) is 2.05. The Hall–Kier alpha value is -3.48. The van der Waals surface area contributed by atoms with E-state index in [-0.39, 0.29) is 29.7 Å². The average Bonchev–Trinajstić information content (AvgIpc) is 3.08. The quantitative estimate of drug-likeness (QED) is 0.695. The molecular formula is C18H16N4O3. The van der Waals surface area contributed by atoms with Crippen LogP contribution < -0.4 is 10.9 Å². The van der Waals surface area contributed by atoms with Gasteiger partial charge in [-0.15, -0.1) is 0 Å². The first kappa shape index (κ1) is 16.4. The molecule has 0 fully saturated rings. The number of hydrogen-bond acceptors (Lipinski definition) is 5. The number of nitrogens with one attached hydrogen (secondary N) is 2. The number of aromatic amines is 1. The summed E-state index contributed by atoms with van der Waals surface area (Å²) in [7, 11) is 0. The number of H-pyrrole nitrogens is 1. The molecule has 2 aromatic heterocycles. The van der Waals surface area contributed by atoms with Crippen molar-refractivity contribution >= 4 is 12.0 Å². The number of amides is 1. The van der Waals surface area contributed by atoms with E-state index in [0.717, 1.165) is 11.1 Å². The van der Waals surface area contributed by atoms with Crippen molar-refractivity contribution in [2.24, 2.45) is 0 Å². The van der Waals surface area contributed by atoms with E-state index in [9.17, 15) is 9.59 Å². The smallest absolute Gasteiger partial charge is 0.259 e. The lowest BCUT2D eigenvalue weighted by Crippen LogP contribution is -2.20. The third kappa shape index (κ3) is 4.08. The van der Waals surface area contributed by atoms with Gasteiger partial charge >= 0.3 is 0 Å². The van der Waals surface area contributed by atoms with E-state index < -0.39 is 0 Å². The van der Waals surface area contributed by atoms with Gasteiger partial charge in [-0.1, -0.05) is 29.4 Å². The molecule has 1 amide bonds. The maximum Gasteiger partial charge on any atom is 0.259 e. The predicted octanol–water partition coefficient (Wildman–Crippen LogP) is 2.06. The molecule has 7 nitrogen and oxygen atoms in total. The molecule has 0 aliphatic heterocycles. The van der Waals surface area contributed by atoms with Crippen molar-refractivity contribution in [2.75, 3.05) is 0 Å². The fraction of sp³-hybridized carbons (Fsp3) is 0.111. The number of carbonyl (C=O) groups excluding carboxylic acids is 1. The van der Waals surface area contributed by atoms with Gasteiger partial charge in [0.05, 0.1) is 12.1 Å². The zero-order chi connectivity index (χ0) is 17.6. The molecule has 0 aliphatic rings. The van der Waals surface area contributed by atoms with E-state index in [2.05, 4.69) is 20.4 Å². The molecule has 0 aliphatic carbocycles. The topological polar surface area (TPSA) is 101 Å². The van der Waals surface area contributed by atoms with Crippen molar-refractivity contribution in [3.05, 3.63) is 76.0 Å². The number of aromatic nitrogens is 3. The molecule has 0 spiro atoms. The second-order valence-electron chi connectivity index (χ2n) is 5.33. The van der Waals surface area contributed by atoms with Crippen molar-refractivity contribution < 1.29 is 9.32 Å². The van der Waals surface area contributed by atoms with Crippen LogP contribution in [0.15, 0.2) is 58.0 Å². The number of pyridine rings is 1. The van der Waals surface area contributed by atoms with Crippen LogP contribution in [0, 0.1) is 6.92 Å². The Morgan fingerprint density at radius 2 is 2.12 bits per heavy atom. The van der Waals surface area contributed by atoms with Crippen LogP contribution in [0.4, 0.5) is 0 Å². The van der Waals surface area contributed by atoms with Crippen LogP contribution in [0.2, 0.25) is 0 Å². The maximum atomic E-state index is 11.9. The molecule has 0 unspecified atom stereocenters. The van der Waals surface area contributed by atoms with Gasteiger partial charge in [-0.05, 0) is 36.3 Å². The number of aryl methyl sites for hydroxylation is 1. The van der Waals surface area contributed by atoms with Crippen LogP contribution >= 0.6 is 0 Å². The van der Waals surface area contributed by atoms with Gasteiger partial charge in [-0.25, -0.2) is 0 Å². The highest BCUT2D eigenvalue weighted by Gasteiger charge is 2.11. The van der Waals surface area contributed by atoms with Gasteiger partial charge in [0.25, 0.3) is 5.56 Å². The predicted molar refractivity (Wildman–Crippen MR) is 92.4 cm³/mol. The molecular weight excluding hydrogens is 320 g/mol. The first-order chi connectivity index (χ1) is 12.1. The molecule has 1 aromatic carbocycles. The minimum Gasteiger partial charge on any atom is -0.343 e. The lowest BCUT2D eigenvalue weighted by molar-refractivity contribution is -0.116. The highest BCUT2D eigenvalue weighted by Crippen LogP contribution is 2.10. The Morgan fingerprint density at radius 1 is 1.28 bits per heavy atom. The third-order valence-corrected chi connectivity index (χ3v) is 3.54. The van der Waals surface area contributed by atoms with Gasteiger partial charge in [-0.2, -0.15) is 4.98 Å². The summed E-state index contributed by atoms with van der Waals surface area (Å²) in [5.41, 5.74) is 2.06. The summed E-state index contributed by atoms with van der Waals surface area (Å²) in [5, 5.41) is 6.42. The average molecular weight is 336 g/mol. The summed E-state index contributed by atoms with van der Waals surface area (Å²) in [6, 6.07) is 11.0. The fourth-order valence-corrected chi connectivity index (χ4v) is 2.19. The highest BCUT2D eigenvalue weighted by atomic mass is 16.5. The first-order valence-electron chi connectivity index (χ1n) is 7.65. The SMILES string of the molecule is Cc1ccccc1C=CC(=O)NCc1nc(-c2ccc[nH]c2=O)no1. The molecule has 3 rings (SSSR count). The van der Waals surface area contributed by atoms with Crippen LogP contribution in [-0.4, -0.2) is 21.0 Å². The van der Waals surface area contributed by atoms with Crippen LogP contribution in [0.1, 0.15) is 17.0 Å². The van der Waals surface area contributed by atoms with E-state index in [4.69, 9.17) is 4.52 Å². The minimum atomic E-state index is -0.306. The monoisotopic (exact) mass is 336 g/mol. The zero-order valence-electron chi connectivity index (χ0n) is 13.5. The summed E-state index contributed by atoms with van der Waals surface area (Å²) >= 11 is 0. The molecule has 0 saturated carbocycles. The molecule has 126 valence electrons. The number of hydrogen-bond donors (Lipinski definition) is 2. The fourth-order valence-electron chi connectivity index (χ4n) is 2.19. The Labute approximate surface area is 143 Å². The lowest BCUT2D eigenvalue weighted by Gasteiger charge is -1.99. The number of rotatable bonds is 5. The van der Waals surface area contributed by atoms with E-state index >= 15 is 0 Å². The molecule has 2 N–H and O–H groups in total. The van der Waals surface area contributed by atoms with Gasteiger partial charge in [0.1, 0.15) is 0 Å². The van der Waals surface area contributed by atoms with Gasteiger partial charge in [0.15, 0.2) is 0 Å². The van der Waals surface area contributed by atoms with Crippen molar-refractivity contribution in [1.29, 1.82) is 0 Å². The van der Waals surface area contributed by atoms with Crippen LogP contribution in [0.25, 0.3) is 17.5 Å². The molecule has 25 heavy (non-hydrogen) atoms. The van der Waals surface area contributed by atoms with Gasteiger partial charge in [-0.3, -0.25) is 9.59 Å². The first-order valence-corrected chi connectivity index (χ1v) is 7.65. The van der Waals surface area contributed by atoms with E-state index in [1.165, 1.54) is 12.3 Å². The van der Waals surface area contributed by atoms with Gasteiger partial charge < -0.3 is 14.8 Å². The molecule has 2 heterocycles. The van der Waals surface area contributed by atoms with Crippen molar-refractivity contribution in [1.82, 2.24) is 20.4 Å². The van der Waals surface area contributed by atoms with E-state index in [1.807, 2.05) is 31.2 Å². The number of carbonyl (C=O) groups is 1. The molecule has 0 radical (unpaired) electrons. The Balaban J connectivity index is 1.61. The van der Waals surface area contributed by atoms with Crippen molar-refractivity contribution in [2.45, 2.75) is 13.5 Å². The standard InChI is InChI=1S/C18H16N4O3/c1-12-5-2-3-6-13(12)8-9-15(23)20-11-16-21-17(22-25-16)14-7-4-10-19-18(14)24/h2-10H,11H2,1H3,(H,19,24)(H,20,23). The van der Waals surface area contributed by atoms with Crippen molar-refractivity contribution in [3.8, 4) is 11.4 Å². The summed E-state index contributed by atoms with van der Waals surface area (Å²) in [5.74, 6) is 0.123. The van der Waals surface area contributed by atoms with Gasteiger partial charge in [0, 0.05) is 12.3 Å². The largest absolute Gasteiger partial charge is 0.343 e. The summed E-state index contributed by atoms with van der Waals surface area (Å²) < 4.78 is 5.05. The van der Waals surface area contributed by atoms with Crippen LogP contribution in [-0.2, 0) is 11.3 Å². The Kier molecular flexibility index (Phi) is 4.84. The summed E-state index contributed by atoms with van der Waals surface area (Å²) in [4.78, 5) is 30.2.